The summed E-state index contributed by atoms with van der Waals surface area (Å²) in [7, 11) is 0. The second-order valence-electron chi connectivity index (χ2n) is 55.5. The fourth-order valence-electron chi connectivity index (χ4n) is 37.9. The first kappa shape index (κ1) is 116. The second kappa shape index (κ2) is 56.3. The van der Waals surface area contributed by atoms with Crippen LogP contribution in [0.3, 0.4) is 0 Å². The molecule has 0 amide bonds. The van der Waals surface area contributed by atoms with Crippen molar-refractivity contribution in [2.24, 2.45) is 163 Å². The lowest BCUT2D eigenvalue weighted by Crippen LogP contribution is -2.62. The van der Waals surface area contributed by atoms with Crippen molar-refractivity contribution in [3.8, 4) is 0 Å². The van der Waals surface area contributed by atoms with E-state index < -0.39 is 0 Å². The van der Waals surface area contributed by atoms with Crippen LogP contribution >= 0.6 is 0 Å². The average molecular weight is 1970 g/mol. The minimum absolute atomic E-state index is 0.118. The van der Waals surface area contributed by atoms with E-state index in [1.54, 1.807) is 0 Å². The molecular weight excluding hydrogens is 1740 g/mol. The lowest BCUT2D eigenvalue weighted by atomic mass is 9.42. The molecule has 33 atom stereocenters. The van der Waals surface area contributed by atoms with Crippen LogP contribution in [0.4, 0.5) is 0 Å². The lowest BCUT2D eigenvalue weighted by molar-refractivity contribution is -0.207. The number of aliphatic hydroxyl groups is 8. The van der Waals surface area contributed by atoms with E-state index in [9.17, 15) is 60.0 Å². The van der Waals surface area contributed by atoms with E-state index in [2.05, 4.69) is 69.2 Å². The Morgan fingerprint density at radius 1 is 0.262 bits per heavy atom. The van der Waals surface area contributed by atoms with Crippen LogP contribution in [0.2, 0.25) is 0 Å². The molecule has 15 rings (SSSR count). The smallest absolute Gasteiger partial charge is 0.135 e. The van der Waals surface area contributed by atoms with Gasteiger partial charge in [0, 0.05) is 50.9 Å². The molecule has 0 spiro atoms. The van der Waals surface area contributed by atoms with Crippen LogP contribution in [0.5, 0.6) is 0 Å². The van der Waals surface area contributed by atoms with Crippen molar-refractivity contribution in [2.45, 2.75) is 625 Å². The Labute approximate surface area is 865 Å². The monoisotopic (exact) mass is 1970 g/mol. The molecule has 15 saturated carbocycles. The maximum Gasteiger partial charge on any atom is 0.135 e. The standard InChI is InChI=1S/C44H76O4.C43H76O4.C42H74O4/c1-31-26-27-43(3)34(28-31)29-40(47)42-37-25-24-36(44(37,4)41(48)30-38(42)43)32(2)22-23-35(45)20-17-21-39(46)33-18-15-13-11-9-7-5-6-8-10-12-14-16-19-33;1-31(22-23-34(44)21-17-16-20-32-18-14-12-10-8-6-4-5-7-9-11-13-15-19-32)36-24-25-37-41-38(30-40(47)43(36,37)3)42(2)27-26-35(45)28-33(42)29-39(41)46;1-30(21-22-33(43)20-16-19-31-17-14-12-10-8-6-4-5-7-9-11-13-15-18-31)35-23-24-36-40-37(29-39(46)42(35,36)3)41(2)26-25-34(44)27-32(41)28-38(40)45/h31-34,36-38,40-42,47-48H,5-30H2,1-4H3;31-33,35-41,45-47H,4-30H2,1-3H3;30-32,34-40,44-46H,4-29H2,1-3H3/t31?,32-,34?,36?,37?,38?,40?,41?,42?,43?,44?;31-,33?,35?,36?,37?,38?,39?,40?,41?,42?,43?;30-,32?,34?,35?,36?,37?,38?,39?,40?,41?,42?/m111/s1. The number of hydrogen-bond acceptors (Lipinski definition) is 12. The van der Waals surface area contributed by atoms with Crippen molar-refractivity contribution in [1.29, 1.82) is 0 Å². The SMILES string of the molecule is CC1CCC2(C)C(C1)CC(O)C1C2CC(O)C2(C)C1CCC2[C@H](C)CCC(=O)CCCC(=O)C1CCCCCCCCCCCCCC1.C[C@H](CCC(=O)CCCC1CCCCCCCCCCCCCC1)C1CCC2C3C(O)CC4CC(O)CCC4(C)C3CC(O)C21C.C[C@H](CCC(=O)CCCCC1CCCCCCCCCCCCCC1)C1CCC2C3C(O)CC4CC(O)CCC4(C)C3CC(O)C21C. The molecule has 141 heavy (non-hydrogen) atoms. The van der Waals surface area contributed by atoms with Crippen LogP contribution in [0.1, 0.15) is 576 Å². The van der Waals surface area contributed by atoms with Crippen LogP contribution < -0.4 is 0 Å². The predicted molar refractivity (Wildman–Crippen MR) is 581 cm³/mol. The zero-order valence-corrected chi connectivity index (χ0v) is 93.4. The van der Waals surface area contributed by atoms with Gasteiger partial charge in [0.1, 0.15) is 23.1 Å². The summed E-state index contributed by atoms with van der Waals surface area (Å²) < 4.78 is 0. The quantitative estimate of drug-likeness (QED) is 0.0378. The molecule has 12 nitrogen and oxygen atoms in total. The first-order valence-electron chi connectivity index (χ1n) is 63.4. The van der Waals surface area contributed by atoms with Crippen molar-refractivity contribution in [2.75, 3.05) is 0 Å². The fourth-order valence-corrected chi connectivity index (χ4v) is 37.9. The number of unbranched alkanes of at least 4 members (excludes halogenated alkanes) is 1. The van der Waals surface area contributed by atoms with Crippen molar-refractivity contribution in [3.05, 3.63) is 0 Å². The molecule has 8 N–H and O–H groups in total. The Bertz CT molecular complexity index is 3590. The molecule has 15 aliphatic carbocycles. The van der Waals surface area contributed by atoms with E-state index >= 15 is 0 Å². The maximum absolute atomic E-state index is 13.3. The number of ketones is 4. The average Bonchev–Trinajstić information content (AvgIpc) is 1.64. The number of aliphatic hydroxyl groups excluding tert-OH is 8. The van der Waals surface area contributed by atoms with Gasteiger partial charge in [0.15, 0.2) is 0 Å². The van der Waals surface area contributed by atoms with E-state index in [0.29, 0.717) is 156 Å². The van der Waals surface area contributed by atoms with Crippen LogP contribution in [0.15, 0.2) is 0 Å². The summed E-state index contributed by atoms with van der Waals surface area (Å²) in [5.41, 5.74) is -0.0327. The summed E-state index contributed by atoms with van der Waals surface area (Å²) in [6.07, 6.45) is 89.9. The van der Waals surface area contributed by atoms with Gasteiger partial charge in [-0.05, 0) is 337 Å². The Balaban J connectivity index is 0.000000178. The Morgan fingerprint density at radius 3 is 0.851 bits per heavy atom. The molecule has 0 aromatic heterocycles. The molecular formula is C129H226O12. The number of carbonyl (C=O) groups is 4. The number of hydrogen-bond donors (Lipinski definition) is 8. The van der Waals surface area contributed by atoms with Crippen molar-refractivity contribution in [3.63, 3.8) is 0 Å². The molecule has 0 bridgehead atoms. The Morgan fingerprint density at radius 2 is 0.532 bits per heavy atom. The highest BCUT2D eigenvalue weighted by Gasteiger charge is 2.70. The predicted octanol–water partition coefficient (Wildman–Crippen LogP) is 31.8. The molecule has 12 heteroatoms. The summed E-state index contributed by atoms with van der Waals surface area (Å²) in [6.45, 7) is 23.7. The van der Waals surface area contributed by atoms with Gasteiger partial charge in [-0.3, -0.25) is 19.2 Å². The first-order chi connectivity index (χ1) is 67.8. The summed E-state index contributed by atoms with van der Waals surface area (Å²) in [5.74, 6) is 11.1. The van der Waals surface area contributed by atoms with E-state index in [-0.39, 0.29) is 99.1 Å². The van der Waals surface area contributed by atoms with Gasteiger partial charge < -0.3 is 40.9 Å². The summed E-state index contributed by atoms with van der Waals surface area (Å²) >= 11 is 0. The third kappa shape index (κ3) is 29.7. The molecule has 0 heterocycles. The van der Waals surface area contributed by atoms with Gasteiger partial charge in [-0.2, -0.15) is 0 Å². The zero-order chi connectivity index (χ0) is 100. The Hall–Kier alpha value is -1.64. The number of rotatable bonds is 26. The molecule has 15 aliphatic rings. The third-order valence-corrected chi connectivity index (χ3v) is 47.0. The second-order valence-corrected chi connectivity index (χ2v) is 55.5. The molecule has 15 fully saturated rings. The van der Waals surface area contributed by atoms with Crippen LogP contribution in [-0.2, 0) is 19.2 Å². The van der Waals surface area contributed by atoms with Gasteiger partial charge in [0.2, 0.25) is 0 Å². The normalized spacial score (nSPS) is 41.9. The summed E-state index contributed by atoms with van der Waals surface area (Å²) in [5, 5.41) is 91.3. The molecule has 30 unspecified atom stereocenters. The minimum Gasteiger partial charge on any atom is -0.393 e. The maximum atomic E-state index is 13.3. The van der Waals surface area contributed by atoms with Gasteiger partial charge in [-0.1, -0.05) is 352 Å². The molecule has 0 aromatic carbocycles. The largest absolute Gasteiger partial charge is 0.393 e. The highest BCUT2D eigenvalue weighted by atomic mass is 16.3. The molecule has 0 saturated heterocycles. The van der Waals surface area contributed by atoms with Gasteiger partial charge >= 0.3 is 0 Å². The van der Waals surface area contributed by atoms with E-state index in [1.165, 1.54) is 295 Å². The Kier molecular flexibility index (Phi) is 46.5. The number of Topliss-reactive ketones (excluding diaryl/α,β-unsaturated/α-hetero) is 4. The molecule has 0 aliphatic heterocycles. The van der Waals surface area contributed by atoms with Crippen molar-refractivity contribution in [1.82, 2.24) is 0 Å². The minimum atomic E-state index is -0.344. The molecule has 0 radical (unpaired) electrons. The topological polar surface area (TPSA) is 230 Å². The van der Waals surface area contributed by atoms with E-state index in [1.807, 2.05) is 0 Å². The van der Waals surface area contributed by atoms with Crippen LogP contribution in [-0.4, -0.2) is 113 Å². The molecule has 0 aromatic rings. The highest BCUT2D eigenvalue weighted by molar-refractivity contribution is 5.83. The summed E-state index contributed by atoms with van der Waals surface area (Å²) in [4.78, 5) is 52.7. The van der Waals surface area contributed by atoms with Crippen LogP contribution in [0.25, 0.3) is 0 Å². The van der Waals surface area contributed by atoms with Gasteiger partial charge in [-0.25, -0.2) is 0 Å². The summed E-state index contributed by atoms with van der Waals surface area (Å²) in [6, 6.07) is 0. The van der Waals surface area contributed by atoms with Gasteiger partial charge in [0.25, 0.3) is 0 Å². The lowest BCUT2D eigenvalue weighted by Gasteiger charge is -2.63. The fraction of sp³-hybridized carbons (Fsp3) is 0.969. The number of fused-ring (bicyclic) bond motifs is 15. The van der Waals surface area contributed by atoms with Crippen molar-refractivity contribution >= 4 is 23.1 Å². The first-order valence-corrected chi connectivity index (χ1v) is 63.4. The third-order valence-electron chi connectivity index (χ3n) is 47.0. The van der Waals surface area contributed by atoms with Gasteiger partial charge in [-0.15, -0.1) is 0 Å². The zero-order valence-electron chi connectivity index (χ0n) is 93.4. The van der Waals surface area contributed by atoms with Crippen molar-refractivity contribution < 1.29 is 60.0 Å². The molecule has 814 valence electrons. The van der Waals surface area contributed by atoms with Gasteiger partial charge in [0.05, 0.1) is 48.8 Å². The highest BCUT2D eigenvalue weighted by Crippen LogP contribution is 2.73. The van der Waals surface area contributed by atoms with E-state index in [0.717, 1.165) is 191 Å². The van der Waals surface area contributed by atoms with Crippen LogP contribution in [0, 0.1) is 163 Å². The van der Waals surface area contributed by atoms with E-state index in [4.69, 9.17) is 0 Å². The number of carbonyl (C=O) groups excluding carboxylic acids is 4.